The number of benzene rings is 1. The van der Waals surface area contributed by atoms with Crippen LogP contribution in [0, 0.1) is 0 Å². The first kappa shape index (κ1) is 13.9. The van der Waals surface area contributed by atoms with Crippen molar-refractivity contribution >= 4 is 5.91 Å². The molecule has 19 heavy (non-hydrogen) atoms. The summed E-state index contributed by atoms with van der Waals surface area (Å²) in [5.41, 5.74) is 0. The Balaban J connectivity index is 1.71. The summed E-state index contributed by atoms with van der Waals surface area (Å²) in [5.74, 6) is 1.02. The predicted molar refractivity (Wildman–Crippen MR) is 75.2 cm³/mol. The van der Waals surface area contributed by atoms with Crippen molar-refractivity contribution in [2.75, 3.05) is 26.7 Å². The first-order valence-corrected chi connectivity index (χ1v) is 6.93. The highest BCUT2D eigenvalue weighted by Crippen LogP contribution is 2.10. The maximum atomic E-state index is 12.1. The topological polar surface area (TPSA) is 41.6 Å². The number of para-hydroxylation sites is 1. The second-order valence-electron chi connectivity index (χ2n) is 4.92. The Morgan fingerprint density at radius 2 is 2.16 bits per heavy atom. The van der Waals surface area contributed by atoms with Gasteiger partial charge in [-0.05, 0) is 31.5 Å². The molecular weight excluding hydrogens is 240 g/mol. The van der Waals surface area contributed by atoms with Gasteiger partial charge in [-0.2, -0.15) is 0 Å². The number of hydrogen-bond donors (Lipinski definition) is 1. The molecule has 1 unspecified atom stereocenters. The second-order valence-corrected chi connectivity index (χ2v) is 4.92. The molecule has 104 valence electrons. The van der Waals surface area contributed by atoms with E-state index in [2.05, 4.69) is 5.32 Å². The third kappa shape index (κ3) is 4.24. The first-order chi connectivity index (χ1) is 9.27. The van der Waals surface area contributed by atoms with Crippen LogP contribution in [0.1, 0.15) is 19.3 Å². The fourth-order valence-corrected chi connectivity index (χ4v) is 2.26. The lowest BCUT2D eigenvalue weighted by atomic mass is 10.0. The third-order valence-electron chi connectivity index (χ3n) is 3.42. The summed E-state index contributed by atoms with van der Waals surface area (Å²) >= 11 is 0. The fraction of sp³-hybridized carbons (Fsp3) is 0.533. The number of piperidine rings is 1. The first-order valence-electron chi connectivity index (χ1n) is 6.93. The van der Waals surface area contributed by atoms with Crippen LogP contribution in [0.3, 0.4) is 0 Å². The molecule has 2 rings (SSSR count). The number of ether oxygens (including phenoxy) is 1. The molecule has 1 amide bonds. The van der Waals surface area contributed by atoms with Crippen molar-refractivity contribution < 1.29 is 9.53 Å². The normalized spacial score (nSPS) is 18.9. The van der Waals surface area contributed by atoms with E-state index in [9.17, 15) is 4.79 Å². The molecular formula is C15H22N2O2. The summed E-state index contributed by atoms with van der Waals surface area (Å²) in [4.78, 5) is 13.9. The molecule has 4 nitrogen and oxygen atoms in total. The highest BCUT2D eigenvalue weighted by atomic mass is 16.5. The minimum Gasteiger partial charge on any atom is -0.492 e. The molecule has 1 aliphatic heterocycles. The number of nitrogens with zero attached hydrogens (tertiary/aromatic N) is 1. The molecule has 0 aromatic heterocycles. The molecule has 1 aromatic carbocycles. The van der Waals surface area contributed by atoms with E-state index in [1.54, 1.807) is 4.90 Å². The van der Waals surface area contributed by atoms with Crippen molar-refractivity contribution in [3.8, 4) is 5.75 Å². The van der Waals surface area contributed by atoms with E-state index in [0.717, 1.165) is 25.1 Å². The molecule has 1 aliphatic rings. The summed E-state index contributed by atoms with van der Waals surface area (Å²) in [6.45, 7) is 2.09. The van der Waals surface area contributed by atoms with Crippen LogP contribution in [0.15, 0.2) is 30.3 Å². The van der Waals surface area contributed by atoms with Gasteiger partial charge >= 0.3 is 0 Å². The van der Waals surface area contributed by atoms with E-state index in [0.29, 0.717) is 13.2 Å². The SMILES string of the molecule is CN(CCOc1ccccc1)C(=O)C1CCCCN1. The van der Waals surface area contributed by atoms with Crippen molar-refractivity contribution in [1.29, 1.82) is 0 Å². The van der Waals surface area contributed by atoms with Gasteiger partial charge in [-0.1, -0.05) is 24.6 Å². The maximum absolute atomic E-state index is 12.1. The number of hydrogen-bond acceptors (Lipinski definition) is 3. The van der Waals surface area contributed by atoms with Crippen molar-refractivity contribution in [3.05, 3.63) is 30.3 Å². The monoisotopic (exact) mass is 262 g/mol. The summed E-state index contributed by atoms with van der Waals surface area (Å²) in [6.07, 6.45) is 3.26. The van der Waals surface area contributed by atoms with Crippen molar-refractivity contribution in [3.63, 3.8) is 0 Å². The Hall–Kier alpha value is -1.55. The number of rotatable bonds is 5. The minimum absolute atomic E-state index is 0.00419. The predicted octanol–water partition coefficient (Wildman–Crippen LogP) is 1.67. The molecule has 1 N–H and O–H groups in total. The summed E-state index contributed by atoms with van der Waals surface area (Å²) in [5, 5.41) is 3.28. The van der Waals surface area contributed by atoms with Crippen LogP contribution < -0.4 is 10.1 Å². The smallest absolute Gasteiger partial charge is 0.239 e. The highest BCUT2D eigenvalue weighted by molar-refractivity contribution is 5.81. The van der Waals surface area contributed by atoms with Crippen LogP contribution in [-0.2, 0) is 4.79 Å². The van der Waals surface area contributed by atoms with Gasteiger partial charge in [-0.25, -0.2) is 0 Å². The van der Waals surface area contributed by atoms with Gasteiger partial charge in [0.1, 0.15) is 12.4 Å². The number of carbonyl (C=O) groups is 1. The Labute approximate surface area is 114 Å². The quantitative estimate of drug-likeness (QED) is 0.877. The maximum Gasteiger partial charge on any atom is 0.239 e. The molecule has 0 saturated carbocycles. The fourth-order valence-electron chi connectivity index (χ4n) is 2.26. The Bertz CT molecular complexity index is 388. The summed E-state index contributed by atoms with van der Waals surface area (Å²) in [6, 6.07) is 9.67. The van der Waals surface area contributed by atoms with Crippen molar-refractivity contribution in [2.24, 2.45) is 0 Å². The summed E-state index contributed by atoms with van der Waals surface area (Å²) in [7, 11) is 1.84. The number of likely N-dealkylation sites (N-methyl/N-ethyl adjacent to an activating group) is 1. The zero-order chi connectivity index (χ0) is 13.5. The van der Waals surface area contributed by atoms with E-state index in [1.165, 1.54) is 6.42 Å². The van der Waals surface area contributed by atoms with E-state index in [1.807, 2.05) is 37.4 Å². The van der Waals surface area contributed by atoms with Crippen LogP contribution in [0.2, 0.25) is 0 Å². The number of nitrogens with one attached hydrogen (secondary N) is 1. The van der Waals surface area contributed by atoms with Gasteiger partial charge in [0.05, 0.1) is 12.6 Å². The lowest BCUT2D eigenvalue weighted by molar-refractivity contribution is -0.133. The van der Waals surface area contributed by atoms with Gasteiger partial charge in [0.15, 0.2) is 0 Å². The lowest BCUT2D eigenvalue weighted by Gasteiger charge is -2.27. The van der Waals surface area contributed by atoms with Crippen LogP contribution >= 0.6 is 0 Å². The average molecular weight is 262 g/mol. The molecule has 0 radical (unpaired) electrons. The van der Waals surface area contributed by atoms with E-state index < -0.39 is 0 Å². The molecule has 1 atom stereocenters. The van der Waals surface area contributed by atoms with Crippen molar-refractivity contribution in [2.45, 2.75) is 25.3 Å². The lowest BCUT2D eigenvalue weighted by Crippen LogP contribution is -2.48. The van der Waals surface area contributed by atoms with Crippen molar-refractivity contribution in [1.82, 2.24) is 10.2 Å². The van der Waals surface area contributed by atoms with Crippen LogP contribution in [0.4, 0.5) is 0 Å². The molecule has 0 spiro atoms. The van der Waals surface area contributed by atoms with E-state index in [4.69, 9.17) is 4.74 Å². The second kappa shape index (κ2) is 7.14. The van der Waals surface area contributed by atoms with Crippen LogP contribution in [-0.4, -0.2) is 43.6 Å². The zero-order valence-corrected chi connectivity index (χ0v) is 11.5. The highest BCUT2D eigenvalue weighted by Gasteiger charge is 2.23. The van der Waals surface area contributed by atoms with Gasteiger partial charge in [-0.15, -0.1) is 0 Å². The molecule has 1 saturated heterocycles. The summed E-state index contributed by atoms with van der Waals surface area (Å²) < 4.78 is 5.60. The van der Waals surface area contributed by atoms with E-state index in [-0.39, 0.29) is 11.9 Å². The zero-order valence-electron chi connectivity index (χ0n) is 11.5. The molecule has 1 aromatic rings. The average Bonchev–Trinajstić information content (AvgIpc) is 2.48. The Morgan fingerprint density at radius 3 is 2.84 bits per heavy atom. The largest absolute Gasteiger partial charge is 0.492 e. The molecule has 1 fully saturated rings. The van der Waals surface area contributed by atoms with Crippen LogP contribution in [0.25, 0.3) is 0 Å². The standard InChI is InChI=1S/C15H22N2O2/c1-17(15(18)14-9-5-6-10-16-14)11-12-19-13-7-3-2-4-8-13/h2-4,7-8,14,16H,5-6,9-12H2,1H3. The molecule has 0 aliphatic carbocycles. The molecule has 4 heteroatoms. The third-order valence-corrected chi connectivity index (χ3v) is 3.42. The molecule has 0 bridgehead atoms. The molecule has 1 heterocycles. The van der Waals surface area contributed by atoms with Crippen LogP contribution in [0.5, 0.6) is 5.75 Å². The minimum atomic E-state index is -0.00419. The Kier molecular flexibility index (Phi) is 5.21. The van der Waals surface area contributed by atoms with Gasteiger partial charge in [0.25, 0.3) is 0 Å². The number of amides is 1. The van der Waals surface area contributed by atoms with Gasteiger partial charge < -0.3 is 15.0 Å². The number of carbonyl (C=O) groups excluding carboxylic acids is 1. The van der Waals surface area contributed by atoms with Gasteiger partial charge in [0, 0.05) is 7.05 Å². The van der Waals surface area contributed by atoms with Gasteiger partial charge in [-0.3, -0.25) is 4.79 Å². The van der Waals surface area contributed by atoms with E-state index >= 15 is 0 Å². The van der Waals surface area contributed by atoms with Gasteiger partial charge in [0.2, 0.25) is 5.91 Å². The Morgan fingerprint density at radius 1 is 1.37 bits per heavy atom.